The topological polar surface area (TPSA) is 154 Å². The van der Waals surface area contributed by atoms with Gasteiger partial charge in [-0.25, -0.2) is 9.56 Å². The predicted octanol–water partition coefficient (Wildman–Crippen LogP) is 5.08. The molecular formula is C39H36N6O5S. The third kappa shape index (κ3) is 7.59. The number of rotatable bonds is 11. The first-order valence-electron chi connectivity index (χ1n) is 16.4. The molecule has 1 aromatic heterocycles. The Morgan fingerprint density at radius 1 is 0.961 bits per heavy atom. The Labute approximate surface area is 298 Å². The average Bonchev–Trinajstić information content (AvgIpc) is 3.53. The van der Waals surface area contributed by atoms with E-state index >= 15 is 0 Å². The SMILES string of the molecule is CN(C)c1ccc2c(-c3cc(C(=O)NCCCCCC(=O)Nc4ccc5nc(C#N)sc5c4)ccc3C(=O)[O-])c3ccc(=[N+](C)C)cc-3oc2c1. The zero-order valence-corrected chi connectivity index (χ0v) is 29.5. The smallest absolute Gasteiger partial charge is 0.251 e. The van der Waals surface area contributed by atoms with Crippen LogP contribution in [0.3, 0.4) is 0 Å². The number of nitrogens with one attached hydrogen (secondary N) is 2. The van der Waals surface area contributed by atoms with Crippen LogP contribution in [-0.4, -0.2) is 57.5 Å². The number of carbonyl (C=O) groups is 3. The Morgan fingerprint density at radius 3 is 2.53 bits per heavy atom. The molecule has 2 aliphatic rings. The number of nitriles is 1. The number of carboxylic acids is 1. The molecule has 2 amide bonds. The number of unbranched alkanes of at least 4 members (excludes halogenated alkanes) is 2. The van der Waals surface area contributed by atoms with Gasteiger partial charge >= 0.3 is 0 Å². The summed E-state index contributed by atoms with van der Waals surface area (Å²) in [4.78, 5) is 44.5. The van der Waals surface area contributed by atoms with E-state index in [4.69, 9.17) is 9.68 Å². The summed E-state index contributed by atoms with van der Waals surface area (Å²) in [5.41, 5.74) is 4.82. The zero-order valence-electron chi connectivity index (χ0n) is 28.7. The first kappa shape index (κ1) is 34.8. The van der Waals surface area contributed by atoms with Crippen molar-refractivity contribution in [3.63, 3.8) is 0 Å². The number of aromatic nitrogens is 1. The molecule has 0 saturated heterocycles. The van der Waals surface area contributed by atoms with E-state index in [0.29, 0.717) is 75.5 Å². The van der Waals surface area contributed by atoms with Crippen LogP contribution >= 0.6 is 11.3 Å². The first-order chi connectivity index (χ1) is 24.5. The highest BCUT2D eigenvalue weighted by Crippen LogP contribution is 2.42. The highest BCUT2D eigenvalue weighted by Gasteiger charge is 2.22. The fourth-order valence-electron chi connectivity index (χ4n) is 5.95. The summed E-state index contributed by atoms with van der Waals surface area (Å²) in [6.45, 7) is 0.387. The van der Waals surface area contributed by atoms with Crippen molar-refractivity contribution in [3.05, 3.63) is 94.3 Å². The van der Waals surface area contributed by atoms with E-state index in [-0.39, 0.29) is 17.4 Å². The van der Waals surface area contributed by atoms with Gasteiger partial charge in [0, 0.05) is 78.2 Å². The summed E-state index contributed by atoms with van der Waals surface area (Å²) in [6, 6.07) is 23.4. The number of benzene rings is 4. The summed E-state index contributed by atoms with van der Waals surface area (Å²) in [5.74, 6) is -1.23. The summed E-state index contributed by atoms with van der Waals surface area (Å²) < 4.78 is 9.18. The van der Waals surface area contributed by atoms with E-state index in [1.54, 1.807) is 18.2 Å². The number of carbonyl (C=O) groups excluding carboxylic acids is 3. The van der Waals surface area contributed by atoms with Crippen molar-refractivity contribution in [2.45, 2.75) is 25.7 Å². The molecule has 0 saturated carbocycles. The van der Waals surface area contributed by atoms with Gasteiger partial charge in [-0.05, 0) is 66.9 Å². The van der Waals surface area contributed by atoms with Gasteiger partial charge in [0.2, 0.25) is 11.3 Å². The van der Waals surface area contributed by atoms with Crippen LogP contribution < -0.4 is 30.6 Å². The van der Waals surface area contributed by atoms with Crippen molar-refractivity contribution in [1.29, 1.82) is 5.26 Å². The normalized spacial score (nSPS) is 11.0. The number of carboxylic acid groups (broad SMARTS) is 1. The van der Waals surface area contributed by atoms with Crippen LogP contribution in [-0.2, 0) is 4.79 Å². The van der Waals surface area contributed by atoms with Gasteiger partial charge in [0.1, 0.15) is 31.5 Å². The van der Waals surface area contributed by atoms with Gasteiger partial charge in [-0.1, -0.05) is 12.5 Å². The lowest BCUT2D eigenvalue weighted by molar-refractivity contribution is -0.254. The quantitative estimate of drug-likeness (QED) is 0.108. The molecule has 0 bridgehead atoms. The lowest BCUT2D eigenvalue weighted by atomic mass is 9.89. The fourth-order valence-corrected chi connectivity index (χ4v) is 6.75. The van der Waals surface area contributed by atoms with Gasteiger partial charge in [0.05, 0.1) is 22.3 Å². The molecule has 51 heavy (non-hydrogen) atoms. The maximum Gasteiger partial charge on any atom is 0.251 e. The number of thiazole rings is 1. The summed E-state index contributed by atoms with van der Waals surface area (Å²) in [6.07, 6.45) is 2.34. The molecular weight excluding hydrogens is 665 g/mol. The van der Waals surface area contributed by atoms with E-state index in [2.05, 4.69) is 15.6 Å². The third-order valence-corrected chi connectivity index (χ3v) is 9.55. The van der Waals surface area contributed by atoms with Crippen molar-refractivity contribution in [3.8, 4) is 28.5 Å². The monoisotopic (exact) mass is 700 g/mol. The highest BCUT2D eigenvalue weighted by molar-refractivity contribution is 7.19. The number of aromatic carboxylic acids is 1. The van der Waals surface area contributed by atoms with Gasteiger partial charge in [0.15, 0.2) is 5.01 Å². The van der Waals surface area contributed by atoms with Crippen LogP contribution in [0.4, 0.5) is 11.4 Å². The van der Waals surface area contributed by atoms with E-state index < -0.39 is 5.97 Å². The predicted molar refractivity (Wildman–Crippen MR) is 198 cm³/mol. The Bertz CT molecular complexity index is 2400. The average molecular weight is 701 g/mol. The molecule has 4 aromatic rings. The molecule has 1 aliphatic carbocycles. The van der Waals surface area contributed by atoms with Gasteiger partial charge < -0.3 is 29.9 Å². The standard InChI is InChI=1S/C39H36N6O5S/c1-44(2)25-11-14-28-32(20-25)50-33-21-26(45(3)4)12-15-29(33)37(28)30-18-23(9-13-27(30)39(48)49)38(47)41-17-7-5-6-8-35(46)42-24-10-16-31-34(19-24)51-36(22-40)43-31/h9-16,18-21H,5-8,17H2,1-4H3,(H2-,41,42,46,47,48,49). The Hall–Kier alpha value is -6.06. The van der Waals surface area contributed by atoms with Crippen molar-refractivity contribution in [2.75, 3.05) is 45.0 Å². The van der Waals surface area contributed by atoms with Crippen LogP contribution in [0.5, 0.6) is 0 Å². The molecule has 0 spiro atoms. The van der Waals surface area contributed by atoms with Crippen molar-refractivity contribution in [1.82, 2.24) is 14.9 Å². The van der Waals surface area contributed by atoms with E-state index in [9.17, 15) is 19.5 Å². The number of nitrogens with zero attached hydrogens (tertiary/aromatic N) is 4. The molecule has 258 valence electrons. The molecule has 2 heterocycles. The second-order valence-electron chi connectivity index (χ2n) is 12.6. The number of hydrogen-bond acceptors (Lipinski definition) is 9. The minimum absolute atomic E-state index is 0.0362. The number of fused-ring (bicyclic) bond motifs is 3. The maximum absolute atomic E-state index is 13.3. The largest absolute Gasteiger partial charge is 0.545 e. The molecule has 1 aliphatic heterocycles. The van der Waals surface area contributed by atoms with Gasteiger partial charge in [0.25, 0.3) is 5.91 Å². The maximum atomic E-state index is 13.3. The van der Waals surface area contributed by atoms with Gasteiger partial charge in [-0.3, -0.25) is 9.59 Å². The number of hydrogen-bond donors (Lipinski definition) is 2. The van der Waals surface area contributed by atoms with E-state index in [0.717, 1.165) is 27.7 Å². The molecule has 0 atom stereocenters. The Kier molecular flexibility index (Phi) is 10.1. The minimum Gasteiger partial charge on any atom is -0.545 e. The molecule has 6 rings (SSSR count). The fraction of sp³-hybridized carbons (Fsp3) is 0.231. The number of amides is 2. The highest BCUT2D eigenvalue weighted by atomic mass is 32.1. The van der Waals surface area contributed by atoms with Crippen LogP contribution in [0.1, 0.15) is 51.4 Å². The van der Waals surface area contributed by atoms with Crippen LogP contribution in [0.2, 0.25) is 0 Å². The van der Waals surface area contributed by atoms with Crippen LogP contribution in [0.15, 0.2) is 77.2 Å². The Morgan fingerprint density at radius 2 is 1.78 bits per heavy atom. The van der Waals surface area contributed by atoms with Crippen molar-refractivity contribution < 1.29 is 23.9 Å². The summed E-state index contributed by atoms with van der Waals surface area (Å²) >= 11 is 1.28. The second kappa shape index (κ2) is 14.8. The lowest BCUT2D eigenvalue weighted by Gasteiger charge is -2.20. The van der Waals surface area contributed by atoms with Crippen molar-refractivity contribution in [2.24, 2.45) is 0 Å². The Balaban J connectivity index is 1.16. The molecule has 2 N–H and O–H groups in total. The summed E-state index contributed by atoms with van der Waals surface area (Å²) in [7, 11) is 7.72. The van der Waals surface area contributed by atoms with E-state index in [1.165, 1.54) is 23.5 Å². The second-order valence-corrected chi connectivity index (χ2v) is 13.6. The number of anilines is 2. The molecule has 0 radical (unpaired) electrons. The molecule has 11 nitrogen and oxygen atoms in total. The molecule has 12 heteroatoms. The minimum atomic E-state index is -1.35. The summed E-state index contributed by atoms with van der Waals surface area (Å²) in [5, 5.41) is 29.3. The van der Waals surface area contributed by atoms with Crippen LogP contribution in [0.25, 0.3) is 43.6 Å². The third-order valence-electron chi connectivity index (χ3n) is 8.63. The first-order valence-corrected chi connectivity index (χ1v) is 17.3. The van der Waals surface area contributed by atoms with Crippen LogP contribution in [0, 0.1) is 11.3 Å². The van der Waals surface area contributed by atoms with E-state index in [1.807, 2.05) is 86.2 Å². The molecule has 0 fully saturated rings. The van der Waals surface area contributed by atoms with Crippen molar-refractivity contribution >= 4 is 61.7 Å². The zero-order chi connectivity index (χ0) is 36.2. The molecule has 0 unspecified atom stereocenters. The van der Waals surface area contributed by atoms with Gasteiger partial charge in [-0.15, -0.1) is 11.3 Å². The lowest BCUT2D eigenvalue weighted by Crippen LogP contribution is -2.26. The van der Waals surface area contributed by atoms with Gasteiger partial charge in [-0.2, -0.15) is 5.26 Å². The molecule has 3 aromatic carbocycles.